The second-order valence-electron chi connectivity index (χ2n) is 5.92. The molecule has 0 saturated carbocycles. The van der Waals surface area contributed by atoms with E-state index < -0.39 is 0 Å². The summed E-state index contributed by atoms with van der Waals surface area (Å²) in [6.07, 6.45) is 0. The highest BCUT2D eigenvalue weighted by atomic mass is 32.1. The van der Waals surface area contributed by atoms with Gasteiger partial charge in [0, 0.05) is 43.3 Å². The lowest BCUT2D eigenvalue weighted by atomic mass is 10.2. The molecule has 1 aromatic heterocycles. The van der Waals surface area contributed by atoms with Crippen molar-refractivity contribution in [1.29, 1.82) is 0 Å². The first-order valence-electron chi connectivity index (χ1n) is 8.07. The van der Waals surface area contributed by atoms with Gasteiger partial charge in [-0.15, -0.1) is 11.3 Å². The lowest BCUT2D eigenvalue weighted by Gasteiger charge is -2.37. The van der Waals surface area contributed by atoms with Gasteiger partial charge in [-0.25, -0.2) is 0 Å². The van der Waals surface area contributed by atoms with Gasteiger partial charge in [0.15, 0.2) is 0 Å². The third kappa shape index (κ3) is 4.41. The number of rotatable bonds is 5. The van der Waals surface area contributed by atoms with Crippen LogP contribution < -0.4 is 5.32 Å². The molecule has 1 aromatic carbocycles. The van der Waals surface area contributed by atoms with Gasteiger partial charge in [-0.1, -0.05) is 24.3 Å². The van der Waals surface area contributed by atoms with Crippen LogP contribution in [0.5, 0.6) is 0 Å². The third-order valence-electron chi connectivity index (χ3n) is 4.33. The molecule has 5 heteroatoms. The zero-order valence-corrected chi connectivity index (χ0v) is 14.3. The van der Waals surface area contributed by atoms with Gasteiger partial charge in [0.2, 0.25) is 5.91 Å². The third-order valence-corrected chi connectivity index (χ3v) is 5.20. The van der Waals surface area contributed by atoms with E-state index in [0.717, 1.165) is 38.4 Å². The minimum absolute atomic E-state index is 0.0721. The Balaban J connectivity index is 1.47. The highest BCUT2D eigenvalue weighted by Gasteiger charge is 2.25. The lowest BCUT2D eigenvalue weighted by Crippen LogP contribution is -2.52. The summed E-state index contributed by atoms with van der Waals surface area (Å²) in [5.41, 5.74) is 0.862. The monoisotopic (exact) mass is 329 g/mol. The van der Waals surface area contributed by atoms with Gasteiger partial charge < -0.3 is 5.32 Å². The van der Waals surface area contributed by atoms with Gasteiger partial charge >= 0.3 is 0 Å². The Kier molecular flexibility index (Phi) is 5.43. The van der Waals surface area contributed by atoms with Crippen molar-refractivity contribution in [3.8, 4) is 0 Å². The van der Waals surface area contributed by atoms with Gasteiger partial charge in [-0.2, -0.15) is 0 Å². The van der Waals surface area contributed by atoms with Gasteiger partial charge in [-0.3, -0.25) is 14.6 Å². The van der Waals surface area contributed by atoms with Crippen LogP contribution >= 0.6 is 11.3 Å². The average molecular weight is 329 g/mol. The van der Waals surface area contributed by atoms with Crippen LogP contribution in [0.3, 0.4) is 0 Å². The summed E-state index contributed by atoms with van der Waals surface area (Å²) in [6.45, 7) is 6.93. The van der Waals surface area contributed by atoms with Crippen molar-refractivity contribution in [1.82, 2.24) is 9.80 Å². The summed E-state index contributed by atoms with van der Waals surface area (Å²) in [5.74, 6) is 0.0721. The van der Waals surface area contributed by atoms with Crippen molar-refractivity contribution >= 4 is 22.9 Å². The second kappa shape index (κ2) is 7.73. The quantitative estimate of drug-likeness (QED) is 0.916. The number of hydrogen-bond acceptors (Lipinski definition) is 4. The molecule has 1 aliphatic heterocycles. The van der Waals surface area contributed by atoms with Crippen LogP contribution in [0, 0.1) is 0 Å². The maximum absolute atomic E-state index is 12.4. The van der Waals surface area contributed by atoms with Crippen LogP contribution in [-0.4, -0.2) is 47.9 Å². The molecule has 0 radical (unpaired) electrons. The minimum Gasteiger partial charge on any atom is -0.325 e. The Morgan fingerprint density at radius 3 is 2.52 bits per heavy atom. The topological polar surface area (TPSA) is 35.6 Å². The van der Waals surface area contributed by atoms with Crippen LogP contribution in [0.25, 0.3) is 0 Å². The average Bonchev–Trinajstić information content (AvgIpc) is 3.09. The molecule has 2 heterocycles. The molecule has 23 heavy (non-hydrogen) atoms. The smallest absolute Gasteiger partial charge is 0.241 e. The highest BCUT2D eigenvalue weighted by molar-refractivity contribution is 7.09. The second-order valence-corrected chi connectivity index (χ2v) is 6.95. The molecule has 1 fully saturated rings. The zero-order chi connectivity index (χ0) is 16.1. The van der Waals surface area contributed by atoms with E-state index in [9.17, 15) is 4.79 Å². The Labute approximate surface area is 141 Å². The van der Waals surface area contributed by atoms with Crippen LogP contribution in [-0.2, 0) is 11.3 Å². The maximum atomic E-state index is 12.4. The number of hydrogen-bond donors (Lipinski definition) is 1. The molecule has 4 nitrogen and oxygen atoms in total. The molecule has 1 N–H and O–H groups in total. The number of carbonyl (C=O) groups is 1. The number of carbonyl (C=O) groups excluding carboxylic acids is 1. The Hall–Kier alpha value is -1.69. The summed E-state index contributed by atoms with van der Waals surface area (Å²) in [6, 6.07) is 13.9. The number of thiophene rings is 1. The van der Waals surface area contributed by atoms with Crippen molar-refractivity contribution in [2.75, 3.05) is 31.5 Å². The Morgan fingerprint density at radius 2 is 1.87 bits per heavy atom. The standard InChI is InChI=1S/C18H23N3OS/c1-15(18(22)19-16-6-3-2-4-7-16)21-11-9-20(10-12-21)14-17-8-5-13-23-17/h2-8,13,15H,9-12,14H2,1H3,(H,19,22)/t15-/m1/s1. The number of para-hydroxylation sites is 1. The summed E-state index contributed by atoms with van der Waals surface area (Å²) < 4.78 is 0. The fourth-order valence-electron chi connectivity index (χ4n) is 2.87. The predicted octanol–water partition coefficient (Wildman–Crippen LogP) is 2.89. The zero-order valence-electron chi connectivity index (χ0n) is 13.4. The fraction of sp³-hybridized carbons (Fsp3) is 0.389. The number of nitrogens with one attached hydrogen (secondary N) is 1. The van der Waals surface area contributed by atoms with Crippen LogP contribution in [0.2, 0.25) is 0 Å². The maximum Gasteiger partial charge on any atom is 0.241 e. The number of anilines is 1. The molecule has 0 aliphatic carbocycles. The molecular weight excluding hydrogens is 306 g/mol. The predicted molar refractivity (Wildman–Crippen MR) is 95.7 cm³/mol. The Morgan fingerprint density at radius 1 is 1.13 bits per heavy atom. The van der Waals surface area contributed by atoms with E-state index >= 15 is 0 Å². The highest BCUT2D eigenvalue weighted by Crippen LogP contribution is 2.15. The number of benzene rings is 1. The fourth-order valence-corrected chi connectivity index (χ4v) is 3.61. The van der Waals surface area contributed by atoms with Crippen LogP contribution in [0.15, 0.2) is 47.8 Å². The van der Waals surface area contributed by atoms with Gasteiger partial charge in [0.1, 0.15) is 0 Å². The van der Waals surface area contributed by atoms with Crippen LogP contribution in [0.1, 0.15) is 11.8 Å². The number of amides is 1. The van der Waals surface area contributed by atoms with E-state index in [1.807, 2.05) is 48.6 Å². The van der Waals surface area contributed by atoms with E-state index in [2.05, 4.69) is 32.6 Å². The molecule has 1 aliphatic rings. The van der Waals surface area contributed by atoms with E-state index in [1.165, 1.54) is 4.88 Å². The van der Waals surface area contributed by atoms with Crippen molar-refractivity contribution < 1.29 is 4.79 Å². The summed E-state index contributed by atoms with van der Waals surface area (Å²) in [4.78, 5) is 18.5. The first-order valence-corrected chi connectivity index (χ1v) is 8.95. The van der Waals surface area contributed by atoms with Crippen LogP contribution in [0.4, 0.5) is 5.69 Å². The summed E-state index contributed by atoms with van der Waals surface area (Å²) in [7, 11) is 0. The van der Waals surface area contributed by atoms with E-state index in [0.29, 0.717) is 0 Å². The van der Waals surface area contributed by atoms with Crippen molar-refractivity contribution in [2.45, 2.75) is 19.5 Å². The SMILES string of the molecule is C[C@H](C(=O)Nc1ccccc1)N1CCN(Cc2cccs2)CC1. The van der Waals surface area contributed by atoms with E-state index in [-0.39, 0.29) is 11.9 Å². The molecule has 0 unspecified atom stereocenters. The normalized spacial score (nSPS) is 17.8. The summed E-state index contributed by atoms with van der Waals surface area (Å²) in [5, 5.41) is 5.12. The molecule has 2 aromatic rings. The van der Waals surface area contributed by atoms with Gasteiger partial charge in [0.25, 0.3) is 0 Å². The lowest BCUT2D eigenvalue weighted by molar-refractivity contribution is -0.121. The Bertz CT molecular complexity index is 606. The molecule has 1 amide bonds. The summed E-state index contributed by atoms with van der Waals surface area (Å²) >= 11 is 1.81. The first-order chi connectivity index (χ1) is 11.2. The van der Waals surface area contributed by atoms with E-state index in [1.54, 1.807) is 0 Å². The molecule has 1 saturated heterocycles. The van der Waals surface area contributed by atoms with E-state index in [4.69, 9.17) is 0 Å². The molecule has 0 bridgehead atoms. The molecule has 0 spiro atoms. The number of piperazine rings is 1. The molecule has 1 atom stereocenters. The minimum atomic E-state index is -0.0981. The molecule has 3 rings (SSSR count). The van der Waals surface area contributed by atoms with Crippen molar-refractivity contribution in [2.24, 2.45) is 0 Å². The first kappa shape index (κ1) is 16.2. The molecule has 122 valence electrons. The van der Waals surface area contributed by atoms with Crippen molar-refractivity contribution in [3.05, 3.63) is 52.7 Å². The van der Waals surface area contributed by atoms with Gasteiger partial charge in [-0.05, 0) is 30.5 Å². The van der Waals surface area contributed by atoms with Crippen molar-refractivity contribution in [3.63, 3.8) is 0 Å². The molecular formula is C18H23N3OS. The van der Waals surface area contributed by atoms with Gasteiger partial charge in [0.05, 0.1) is 6.04 Å². The largest absolute Gasteiger partial charge is 0.325 e. The number of nitrogens with zero attached hydrogens (tertiary/aromatic N) is 2.